The number of nitrogens with zero attached hydrogens (tertiary/aromatic N) is 9. The molecule has 1 amide bonds. The Kier molecular flexibility index (Phi) is 9.64. The predicted octanol–water partition coefficient (Wildman–Crippen LogP) is 3.51. The number of carbonyl (C=O) groups is 1. The molecule has 3 saturated heterocycles. The number of piperazine rings is 1. The molecule has 5 aliphatic rings. The topological polar surface area (TPSA) is 86.1 Å². The number of fused-ring (bicyclic) bond motifs is 2. The minimum Gasteiger partial charge on any atom is -0.368 e. The second-order valence-electron chi connectivity index (χ2n) is 14.4. The number of hydrogen-bond donors (Lipinski definition) is 0. The molecule has 250 valence electrons. The van der Waals surface area contributed by atoms with E-state index in [0.717, 1.165) is 83.1 Å². The quantitative estimate of drug-likeness (QED) is 0.404. The molecule has 0 spiro atoms. The molecule has 3 atom stereocenters. The molecule has 0 bridgehead atoms. The largest absolute Gasteiger partial charge is 0.368 e. The molecule has 0 N–H and O–H groups in total. The second-order valence-corrected chi connectivity index (χ2v) is 14.4. The van der Waals surface area contributed by atoms with Gasteiger partial charge in [0.15, 0.2) is 0 Å². The van der Waals surface area contributed by atoms with E-state index in [2.05, 4.69) is 68.9 Å². The van der Waals surface area contributed by atoms with Crippen LogP contribution in [0.25, 0.3) is 0 Å². The van der Waals surface area contributed by atoms with E-state index < -0.39 is 0 Å². The summed E-state index contributed by atoms with van der Waals surface area (Å²) < 4.78 is 0. The van der Waals surface area contributed by atoms with Gasteiger partial charge in [0.25, 0.3) is 0 Å². The van der Waals surface area contributed by atoms with Gasteiger partial charge in [-0.15, -0.1) is 0 Å². The highest BCUT2D eigenvalue weighted by Crippen LogP contribution is 2.37. The van der Waals surface area contributed by atoms with Crippen LogP contribution in [0.5, 0.6) is 0 Å². The third-order valence-electron chi connectivity index (χ3n) is 11.2. The van der Waals surface area contributed by atoms with Gasteiger partial charge in [-0.05, 0) is 83.8 Å². The van der Waals surface area contributed by atoms with Gasteiger partial charge in [-0.2, -0.15) is 10.2 Å². The maximum absolute atomic E-state index is 13.4. The normalized spacial score (nSPS) is 25.0. The van der Waals surface area contributed by atoms with E-state index in [9.17, 15) is 10.1 Å². The second kappa shape index (κ2) is 14.2. The first kappa shape index (κ1) is 31.9. The Morgan fingerprint density at radius 2 is 1.83 bits per heavy atom. The van der Waals surface area contributed by atoms with E-state index in [0.29, 0.717) is 38.1 Å². The SMILES string of the molecule is CN(C)[C@@H]1CCN(c2nc3c(c(N4CCN(C(=O)/C=C/CN5CCCC5)[C@@H](CC#N)C4)n2)CC[C@H](N2CCCc4ccccc42)C3)C1. The standard InChI is InChI=1S/C37H51N9O/c1-41(2)30-16-22-44(26-30)37-39-33-25-29(45-21-7-10-28-9-3-4-11-34(28)45)13-14-32(33)36(40-37)43-23-24-46(31(27-43)15-17-38)35(47)12-8-20-42-18-5-6-19-42/h3-4,8-9,11-12,29-31H,5-7,10,13-16,18-27H2,1-2H3/b12-8+/t29-,30+,31-/m0/s1. The highest BCUT2D eigenvalue weighted by atomic mass is 16.2. The lowest BCUT2D eigenvalue weighted by Gasteiger charge is -2.43. The highest BCUT2D eigenvalue weighted by Gasteiger charge is 2.36. The summed E-state index contributed by atoms with van der Waals surface area (Å²) in [6.07, 6.45) is 12.9. The Hall–Kier alpha value is -3.68. The number of likely N-dealkylation sites (N-methyl/N-ethyl adjacent to an activating group) is 1. The smallest absolute Gasteiger partial charge is 0.246 e. The molecule has 10 heteroatoms. The Balaban J connectivity index is 1.14. The molecule has 4 aliphatic heterocycles. The fraction of sp³-hybridized carbons (Fsp3) is 0.622. The number of para-hydroxylation sites is 1. The van der Waals surface area contributed by atoms with Gasteiger partial charge in [-0.25, -0.2) is 4.98 Å². The molecular weight excluding hydrogens is 586 g/mol. The van der Waals surface area contributed by atoms with E-state index in [1.165, 1.54) is 41.8 Å². The van der Waals surface area contributed by atoms with Crippen LogP contribution in [0, 0.1) is 11.3 Å². The molecule has 0 radical (unpaired) electrons. The molecular formula is C37H51N9O. The Bertz CT molecular complexity index is 1500. The first-order valence-electron chi connectivity index (χ1n) is 18.0. The summed E-state index contributed by atoms with van der Waals surface area (Å²) in [4.78, 5) is 38.0. The summed E-state index contributed by atoms with van der Waals surface area (Å²) in [5.41, 5.74) is 5.30. The number of nitriles is 1. The number of hydrogen-bond acceptors (Lipinski definition) is 9. The van der Waals surface area contributed by atoms with Gasteiger partial charge >= 0.3 is 0 Å². The summed E-state index contributed by atoms with van der Waals surface area (Å²) in [6, 6.07) is 12.0. The van der Waals surface area contributed by atoms with Gasteiger partial charge < -0.3 is 24.5 Å². The maximum atomic E-state index is 13.4. The predicted molar refractivity (Wildman–Crippen MR) is 187 cm³/mol. The van der Waals surface area contributed by atoms with Crippen LogP contribution in [-0.2, 0) is 24.1 Å². The lowest BCUT2D eigenvalue weighted by Crippen LogP contribution is -2.55. The number of anilines is 3. The molecule has 10 nitrogen and oxygen atoms in total. The number of amides is 1. The third-order valence-corrected chi connectivity index (χ3v) is 11.2. The summed E-state index contributed by atoms with van der Waals surface area (Å²) in [7, 11) is 4.32. The average Bonchev–Trinajstić information content (AvgIpc) is 3.81. The number of aryl methyl sites for hydroxylation is 1. The molecule has 1 aromatic heterocycles. The zero-order chi connectivity index (χ0) is 32.3. The molecule has 0 unspecified atom stereocenters. The lowest BCUT2D eigenvalue weighted by atomic mass is 9.88. The fourth-order valence-corrected chi connectivity index (χ4v) is 8.50. The van der Waals surface area contributed by atoms with Crippen molar-refractivity contribution in [1.82, 2.24) is 24.7 Å². The van der Waals surface area contributed by atoms with Gasteiger partial charge in [-0.3, -0.25) is 9.69 Å². The van der Waals surface area contributed by atoms with Crippen molar-refractivity contribution >= 4 is 23.4 Å². The minimum absolute atomic E-state index is 0.0194. The first-order chi connectivity index (χ1) is 23.0. The molecule has 1 aromatic carbocycles. The Morgan fingerprint density at radius 3 is 2.64 bits per heavy atom. The van der Waals surface area contributed by atoms with Crippen LogP contribution in [0.2, 0.25) is 0 Å². The molecule has 0 saturated carbocycles. The number of benzene rings is 1. The van der Waals surface area contributed by atoms with Crippen molar-refractivity contribution in [2.24, 2.45) is 0 Å². The summed E-state index contributed by atoms with van der Waals surface area (Å²) >= 11 is 0. The molecule has 47 heavy (non-hydrogen) atoms. The molecule has 5 heterocycles. The van der Waals surface area contributed by atoms with Crippen molar-refractivity contribution in [2.45, 2.75) is 75.9 Å². The van der Waals surface area contributed by atoms with Gasteiger partial charge in [0.2, 0.25) is 11.9 Å². The van der Waals surface area contributed by atoms with Crippen LogP contribution in [0.4, 0.5) is 17.5 Å². The van der Waals surface area contributed by atoms with Crippen LogP contribution in [0.1, 0.15) is 55.3 Å². The van der Waals surface area contributed by atoms with Crippen LogP contribution < -0.4 is 14.7 Å². The summed E-state index contributed by atoms with van der Waals surface area (Å²) in [5.74, 6) is 1.88. The minimum atomic E-state index is -0.169. The van der Waals surface area contributed by atoms with Crippen molar-refractivity contribution in [3.8, 4) is 6.07 Å². The maximum Gasteiger partial charge on any atom is 0.246 e. The molecule has 7 rings (SSSR count). The number of rotatable bonds is 8. The van der Waals surface area contributed by atoms with Crippen molar-refractivity contribution in [1.29, 1.82) is 5.26 Å². The monoisotopic (exact) mass is 637 g/mol. The highest BCUT2D eigenvalue weighted by molar-refractivity contribution is 5.88. The van der Waals surface area contributed by atoms with E-state index in [4.69, 9.17) is 9.97 Å². The number of aromatic nitrogens is 2. The van der Waals surface area contributed by atoms with E-state index in [1.807, 2.05) is 11.0 Å². The van der Waals surface area contributed by atoms with Gasteiger partial charge in [-0.1, -0.05) is 24.3 Å². The summed E-state index contributed by atoms with van der Waals surface area (Å²) in [6.45, 7) is 7.93. The Labute approximate surface area is 280 Å². The Morgan fingerprint density at radius 1 is 0.979 bits per heavy atom. The van der Waals surface area contributed by atoms with Gasteiger partial charge in [0.05, 0.1) is 24.2 Å². The van der Waals surface area contributed by atoms with Crippen LogP contribution >= 0.6 is 0 Å². The average molecular weight is 638 g/mol. The van der Waals surface area contributed by atoms with Crippen molar-refractivity contribution in [3.05, 3.63) is 53.2 Å². The molecule has 1 aliphatic carbocycles. The van der Waals surface area contributed by atoms with Crippen LogP contribution in [-0.4, -0.2) is 122 Å². The zero-order valence-electron chi connectivity index (χ0n) is 28.4. The summed E-state index contributed by atoms with van der Waals surface area (Å²) in [5, 5.41) is 9.79. The van der Waals surface area contributed by atoms with Crippen molar-refractivity contribution in [2.75, 3.05) is 87.7 Å². The number of carbonyl (C=O) groups excluding carboxylic acids is 1. The van der Waals surface area contributed by atoms with E-state index >= 15 is 0 Å². The van der Waals surface area contributed by atoms with E-state index in [-0.39, 0.29) is 11.9 Å². The fourth-order valence-electron chi connectivity index (χ4n) is 8.50. The molecule has 2 aromatic rings. The van der Waals surface area contributed by atoms with Crippen molar-refractivity contribution < 1.29 is 4.79 Å². The zero-order valence-corrected chi connectivity index (χ0v) is 28.4. The third kappa shape index (κ3) is 6.84. The lowest BCUT2D eigenvalue weighted by molar-refractivity contribution is -0.128. The van der Waals surface area contributed by atoms with E-state index in [1.54, 1.807) is 6.08 Å². The molecule has 3 fully saturated rings. The van der Waals surface area contributed by atoms with Crippen LogP contribution in [0.3, 0.4) is 0 Å². The van der Waals surface area contributed by atoms with Gasteiger partial charge in [0.1, 0.15) is 5.82 Å². The van der Waals surface area contributed by atoms with Crippen LogP contribution in [0.15, 0.2) is 36.4 Å². The first-order valence-corrected chi connectivity index (χ1v) is 18.0. The van der Waals surface area contributed by atoms with Gasteiger partial charge in [0, 0.05) is 81.6 Å². The number of likely N-dealkylation sites (tertiary alicyclic amines) is 1. The van der Waals surface area contributed by atoms with Crippen molar-refractivity contribution in [3.63, 3.8) is 0 Å².